The molecule has 0 saturated heterocycles. The van der Waals surface area contributed by atoms with Crippen LogP contribution in [0.15, 0.2) is 53.3 Å². The Labute approximate surface area is 175 Å². The van der Waals surface area contributed by atoms with Crippen molar-refractivity contribution in [2.75, 3.05) is 18.9 Å². The normalized spacial score (nSPS) is 10.4. The number of hydrogen-bond acceptors (Lipinski definition) is 4. The first kappa shape index (κ1) is 23.0. The topological polar surface area (TPSA) is 102 Å². The average molecular weight is 440 g/mol. The molecule has 0 spiro atoms. The summed E-state index contributed by atoms with van der Waals surface area (Å²) in [5.74, 6) is -3.88. The Morgan fingerprint density at radius 1 is 1.03 bits per heavy atom. The molecule has 0 bridgehead atoms. The van der Waals surface area contributed by atoms with Crippen LogP contribution in [-0.2, 0) is 0 Å². The molecule has 10 heteroatoms. The molecule has 3 rings (SSSR count). The Hall–Kier alpha value is -3.30. The van der Waals surface area contributed by atoms with E-state index >= 15 is 0 Å². The van der Waals surface area contributed by atoms with Crippen molar-refractivity contribution in [3.63, 3.8) is 0 Å². The van der Waals surface area contributed by atoms with Crippen molar-refractivity contribution >= 4 is 11.6 Å². The van der Waals surface area contributed by atoms with Gasteiger partial charge in [-0.25, -0.2) is 13.2 Å². The SMILES string of the molecule is Nc1c(C(=O)c2ccc(F)cc2)ccc(=O)n1-c1c(F)cc(OCC[NH3+])cc1F.[Cl-]. The molecule has 158 valence electrons. The second kappa shape index (κ2) is 9.47. The number of ether oxygens (including phenoxy) is 1. The zero-order chi connectivity index (χ0) is 21.1. The Bertz CT molecular complexity index is 1110. The van der Waals surface area contributed by atoms with Gasteiger partial charge in [-0.05, 0) is 30.3 Å². The molecule has 0 unspecified atom stereocenters. The smallest absolute Gasteiger partial charge is 0.256 e. The Morgan fingerprint density at radius 3 is 2.20 bits per heavy atom. The van der Waals surface area contributed by atoms with Gasteiger partial charge in [0.1, 0.15) is 36.2 Å². The van der Waals surface area contributed by atoms with E-state index in [1.54, 1.807) is 0 Å². The van der Waals surface area contributed by atoms with Gasteiger partial charge in [-0.15, -0.1) is 0 Å². The number of ketones is 1. The summed E-state index contributed by atoms with van der Waals surface area (Å²) in [5.41, 5.74) is 7.87. The molecule has 0 aliphatic rings. The monoisotopic (exact) mass is 439 g/mol. The largest absolute Gasteiger partial charge is 1.00 e. The molecule has 2 aromatic carbocycles. The van der Waals surface area contributed by atoms with Gasteiger partial charge in [0.15, 0.2) is 17.4 Å². The highest BCUT2D eigenvalue weighted by molar-refractivity contribution is 6.11. The van der Waals surface area contributed by atoms with Crippen LogP contribution in [0.1, 0.15) is 15.9 Å². The third-order valence-electron chi connectivity index (χ3n) is 4.11. The predicted octanol–water partition coefficient (Wildman–Crippen LogP) is -1.31. The van der Waals surface area contributed by atoms with Crippen molar-refractivity contribution in [2.45, 2.75) is 0 Å². The Balaban J connectivity index is 0.00000320. The number of carbonyl (C=O) groups excluding carboxylic acids is 1. The number of aromatic nitrogens is 1. The molecule has 0 atom stereocenters. The van der Waals surface area contributed by atoms with Gasteiger partial charge in [0.05, 0.1) is 5.56 Å². The predicted molar refractivity (Wildman–Crippen MR) is 99.5 cm³/mol. The van der Waals surface area contributed by atoms with Crippen LogP contribution in [-0.4, -0.2) is 23.5 Å². The Kier molecular flexibility index (Phi) is 7.25. The molecule has 0 fully saturated rings. The fraction of sp³-hybridized carbons (Fsp3) is 0.100. The maximum atomic E-state index is 14.6. The first-order chi connectivity index (χ1) is 13.8. The second-order valence-corrected chi connectivity index (χ2v) is 6.08. The van der Waals surface area contributed by atoms with Crippen LogP contribution < -0.4 is 34.2 Å². The van der Waals surface area contributed by atoms with E-state index in [0.29, 0.717) is 11.1 Å². The van der Waals surface area contributed by atoms with E-state index in [-0.39, 0.29) is 35.9 Å². The lowest BCUT2D eigenvalue weighted by atomic mass is 10.0. The number of benzene rings is 2. The number of hydrogen-bond donors (Lipinski definition) is 2. The van der Waals surface area contributed by atoms with Crippen LogP contribution in [0.4, 0.5) is 19.0 Å². The number of halogens is 4. The van der Waals surface area contributed by atoms with Crippen molar-refractivity contribution in [2.24, 2.45) is 0 Å². The highest BCUT2D eigenvalue weighted by atomic mass is 35.5. The zero-order valence-electron chi connectivity index (χ0n) is 15.5. The molecule has 0 amide bonds. The van der Waals surface area contributed by atoms with Crippen molar-refractivity contribution in [1.82, 2.24) is 4.57 Å². The van der Waals surface area contributed by atoms with Gasteiger partial charge in [-0.2, -0.15) is 0 Å². The summed E-state index contributed by atoms with van der Waals surface area (Å²) < 4.78 is 48.0. The molecule has 6 nitrogen and oxygen atoms in total. The summed E-state index contributed by atoms with van der Waals surface area (Å²) in [5, 5.41) is 0. The summed E-state index contributed by atoms with van der Waals surface area (Å²) in [6, 6.07) is 8.60. The van der Waals surface area contributed by atoms with Gasteiger partial charge in [-0.3, -0.25) is 14.2 Å². The molecule has 0 aliphatic carbocycles. The molecule has 1 aromatic heterocycles. The van der Waals surface area contributed by atoms with Crippen molar-refractivity contribution in [3.8, 4) is 11.4 Å². The fourth-order valence-electron chi connectivity index (χ4n) is 2.76. The van der Waals surface area contributed by atoms with Crippen LogP contribution in [0.5, 0.6) is 5.75 Å². The summed E-state index contributed by atoms with van der Waals surface area (Å²) in [7, 11) is 0. The molecule has 0 radical (unpaired) electrons. The van der Waals surface area contributed by atoms with E-state index in [9.17, 15) is 22.8 Å². The molecular weight excluding hydrogens is 423 g/mol. The minimum absolute atomic E-state index is 0. The quantitative estimate of drug-likeness (QED) is 0.466. The first-order valence-corrected chi connectivity index (χ1v) is 8.56. The number of nitrogens with zero attached hydrogens (tertiary/aromatic N) is 1. The van der Waals surface area contributed by atoms with Gasteiger partial charge in [-0.1, -0.05) is 0 Å². The van der Waals surface area contributed by atoms with E-state index in [4.69, 9.17) is 10.5 Å². The summed E-state index contributed by atoms with van der Waals surface area (Å²) >= 11 is 0. The first-order valence-electron chi connectivity index (χ1n) is 8.56. The molecule has 0 saturated carbocycles. The molecule has 3 aromatic rings. The number of quaternary nitrogens is 1. The maximum absolute atomic E-state index is 14.6. The number of carbonyl (C=O) groups is 1. The van der Waals surface area contributed by atoms with Gasteiger partial charge in [0.25, 0.3) is 5.56 Å². The lowest BCUT2D eigenvalue weighted by Crippen LogP contribution is -3.00. The molecular formula is C20H17ClF3N3O3. The van der Waals surface area contributed by atoms with Crippen LogP contribution in [0.2, 0.25) is 0 Å². The van der Waals surface area contributed by atoms with E-state index in [2.05, 4.69) is 5.73 Å². The van der Waals surface area contributed by atoms with E-state index in [1.807, 2.05) is 0 Å². The van der Waals surface area contributed by atoms with Crippen molar-refractivity contribution < 1.29 is 40.8 Å². The number of nitrogens with two attached hydrogens (primary N) is 1. The van der Waals surface area contributed by atoms with Gasteiger partial charge >= 0.3 is 0 Å². The van der Waals surface area contributed by atoms with Gasteiger partial charge in [0, 0.05) is 23.8 Å². The third-order valence-corrected chi connectivity index (χ3v) is 4.11. The average Bonchev–Trinajstić information content (AvgIpc) is 2.68. The standard InChI is InChI=1S/C20H16F3N3O3.ClH/c21-12-3-1-11(2-4-12)19(28)14-5-6-17(27)26(20(14)25)18-15(22)9-13(10-16(18)23)29-8-7-24;/h1-6,9-10H,7-8,24-25H2;1H. The van der Waals surface area contributed by atoms with Gasteiger partial charge in [0.2, 0.25) is 0 Å². The summed E-state index contributed by atoms with van der Waals surface area (Å²) in [6.07, 6.45) is 0. The number of anilines is 1. The van der Waals surface area contributed by atoms with Crippen LogP contribution in [0, 0.1) is 17.5 Å². The lowest BCUT2D eigenvalue weighted by molar-refractivity contribution is -0.370. The van der Waals surface area contributed by atoms with Gasteiger partial charge < -0.3 is 28.6 Å². The highest BCUT2D eigenvalue weighted by Gasteiger charge is 2.22. The molecule has 30 heavy (non-hydrogen) atoms. The fourth-order valence-corrected chi connectivity index (χ4v) is 2.76. The zero-order valence-corrected chi connectivity index (χ0v) is 16.3. The second-order valence-electron chi connectivity index (χ2n) is 6.08. The summed E-state index contributed by atoms with van der Waals surface area (Å²) in [6.45, 7) is 0.549. The summed E-state index contributed by atoms with van der Waals surface area (Å²) in [4.78, 5) is 25.0. The highest BCUT2D eigenvalue weighted by Crippen LogP contribution is 2.26. The van der Waals surface area contributed by atoms with Crippen molar-refractivity contribution in [1.29, 1.82) is 0 Å². The Morgan fingerprint density at radius 2 is 1.63 bits per heavy atom. The number of nitrogen functional groups attached to an aromatic ring is 1. The number of pyridine rings is 1. The number of rotatable bonds is 6. The van der Waals surface area contributed by atoms with Crippen LogP contribution in [0.25, 0.3) is 5.69 Å². The van der Waals surface area contributed by atoms with Crippen LogP contribution in [0.3, 0.4) is 0 Å². The molecule has 0 aliphatic heterocycles. The van der Waals surface area contributed by atoms with E-state index in [0.717, 1.165) is 36.4 Å². The van der Waals surface area contributed by atoms with E-state index < -0.39 is 40.3 Å². The maximum Gasteiger partial charge on any atom is 0.256 e. The minimum atomic E-state index is -1.09. The molecule has 5 N–H and O–H groups in total. The van der Waals surface area contributed by atoms with Crippen LogP contribution >= 0.6 is 0 Å². The molecule has 1 heterocycles. The van der Waals surface area contributed by atoms with Crippen molar-refractivity contribution in [3.05, 3.63) is 87.5 Å². The minimum Gasteiger partial charge on any atom is -1.00 e. The lowest BCUT2D eigenvalue weighted by Gasteiger charge is -2.15. The third kappa shape index (κ3) is 4.47. The van der Waals surface area contributed by atoms with E-state index in [1.165, 1.54) is 12.1 Å².